The summed E-state index contributed by atoms with van der Waals surface area (Å²) in [6.45, 7) is 3.96. The van der Waals surface area contributed by atoms with Crippen LogP contribution in [-0.2, 0) is 4.79 Å². The van der Waals surface area contributed by atoms with Crippen LogP contribution < -0.4 is 10.6 Å². The molecule has 0 atom stereocenters. The predicted octanol–water partition coefficient (Wildman–Crippen LogP) is 1.76. The van der Waals surface area contributed by atoms with Gasteiger partial charge in [-0.15, -0.1) is 0 Å². The summed E-state index contributed by atoms with van der Waals surface area (Å²) in [5.74, 6) is -0.392. The first-order valence-electron chi connectivity index (χ1n) is 7.68. The number of carbonyl (C=O) groups is 2. The predicted molar refractivity (Wildman–Crippen MR) is 86.7 cm³/mol. The van der Waals surface area contributed by atoms with E-state index in [2.05, 4.69) is 31.5 Å². The van der Waals surface area contributed by atoms with Crippen molar-refractivity contribution in [1.29, 1.82) is 0 Å². The summed E-state index contributed by atoms with van der Waals surface area (Å²) in [7, 11) is 0. The molecule has 2 N–H and O–H groups in total. The molecule has 1 saturated heterocycles. The van der Waals surface area contributed by atoms with E-state index in [0.29, 0.717) is 11.2 Å². The molecule has 7 heteroatoms. The topological polar surface area (TPSA) is 74.6 Å². The minimum Gasteiger partial charge on any atom is -0.444 e. The van der Waals surface area contributed by atoms with Gasteiger partial charge in [-0.3, -0.25) is 9.59 Å². The highest BCUT2D eigenvalue weighted by Crippen LogP contribution is 2.13. The van der Waals surface area contributed by atoms with E-state index in [1.807, 2.05) is 0 Å². The third kappa shape index (κ3) is 5.81. The Bertz CT molecular complexity index is 498. The van der Waals surface area contributed by atoms with Crippen LogP contribution >= 0.6 is 15.9 Å². The first-order valence-corrected chi connectivity index (χ1v) is 8.47. The molecule has 0 spiro atoms. The monoisotopic (exact) mass is 371 g/mol. The smallest absolute Gasteiger partial charge is 0.287 e. The molecule has 0 aliphatic carbocycles. The Morgan fingerprint density at radius 1 is 1.18 bits per heavy atom. The molecular formula is C15H22BrN3O3. The van der Waals surface area contributed by atoms with Gasteiger partial charge in [0.15, 0.2) is 10.4 Å². The van der Waals surface area contributed by atoms with Crippen molar-refractivity contribution in [3.05, 3.63) is 22.6 Å². The Morgan fingerprint density at radius 3 is 2.64 bits per heavy atom. The van der Waals surface area contributed by atoms with Crippen LogP contribution in [0.1, 0.15) is 36.2 Å². The molecule has 2 amide bonds. The molecule has 1 aromatic heterocycles. The van der Waals surface area contributed by atoms with E-state index >= 15 is 0 Å². The summed E-state index contributed by atoms with van der Waals surface area (Å²) in [5, 5.41) is 5.34. The molecule has 0 bridgehead atoms. The molecule has 1 aromatic rings. The minimum atomic E-state index is -0.394. The van der Waals surface area contributed by atoms with Crippen LogP contribution in [0.2, 0.25) is 0 Å². The van der Waals surface area contributed by atoms with Crippen molar-refractivity contribution < 1.29 is 14.0 Å². The van der Waals surface area contributed by atoms with Crippen LogP contribution in [0, 0.1) is 0 Å². The summed E-state index contributed by atoms with van der Waals surface area (Å²) >= 11 is 3.13. The van der Waals surface area contributed by atoms with Crippen molar-refractivity contribution in [3.63, 3.8) is 0 Å². The normalized spacial score (nSPS) is 15.5. The first-order chi connectivity index (χ1) is 10.6. The fourth-order valence-electron chi connectivity index (χ4n) is 2.46. The van der Waals surface area contributed by atoms with Gasteiger partial charge in [0.25, 0.3) is 5.91 Å². The zero-order valence-corrected chi connectivity index (χ0v) is 14.2. The lowest BCUT2D eigenvalue weighted by Crippen LogP contribution is -2.38. The van der Waals surface area contributed by atoms with E-state index in [-0.39, 0.29) is 18.2 Å². The summed E-state index contributed by atoms with van der Waals surface area (Å²) < 4.78 is 5.60. The average molecular weight is 372 g/mol. The van der Waals surface area contributed by atoms with Gasteiger partial charge < -0.3 is 20.0 Å². The zero-order chi connectivity index (χ0) is 15.8. The fraction of sp³-hybridized carbons (Fsp3) is 0.600. The summed E-state index contributed by atoms with van der Waals surface area (Å²) in [6.07, 6.45) is 4.83. The number of piperidine rings is 1. The van der Waals surface area contributed by atoms with Crippen molar-refractivity contribution >= 4 is 27.7 Å². The molecule has 1 fully saturated rings. The SMILES string of the molecule is O=C(CNC(=O)c1ccc(Br)o1)NCCCN1CCCCC1. The second kappa shape index (κ2) is 8.95. The van der Waals surface area contributed by atoms with Crippen LogP contribution in [0.5, 0.6) is 0 Å². The molecule has 2 rings (SSSR count). The van der Waals surface area contributed by atoms with Gasteiger partial charge in [0.2, 0.25) is 5.91 Å². The number of furan rings is 1. The molecule has 1 aliphatic rings. The quantitative estimate of drug-likeness (QED) is 0.716. The van der Waals surface area contributed by atoms with Gasteiger partial charge in [-0.25, -0.2) is 0 Å². The number of likely N-dealkylation sites (tertiary alicyclic amines) is 1. The Labute approximate surface area is 138 Å². The number of rotatable bonds is 7. The Kier molecular flexibility index (Phi) is 6.92. The van der Waals surface area contributed by atoms with Gasteiger partial charge in [0.1, 0.15) is 0 Å². The fourth-order valence-corrected chi connectivity index (χ4v) is 2.77. The maximum Gasteiger partial charge on any atom is 0.287 e. The second-order valence-corrected chi connectivity index (χ2v) is 6.17. The highest BCUT2D eigenvalue weighted by molar-refractivity contribution is 9.10. The van der Waals surface area contributed by atoms with Crippen molar-refractivity contribution in [2.75, 3.05) is 32.7 Å². The molecule has 2 heterocycles. The lowest BCUT2D eigenvalue weighted by Gasteiger charge is -2.26. The molecule has 0 aromatic carbocycles. The van der Waals surface area contributed by atoms with Gasteiger partial charge in [-0.2, -0.15) is 0 Å². The average Bonchev–Trinajstić information content (AvgIpc) is 2.97. The molecular weight excluding hydrogens is 350 g/mol. The Morgan fingerprint density at radius 2 is 1.95 bits per heavy atom. The molecule has 6 nitrogen and oxygen atoms in total. The van der Waals surface area contributed by atoms with Crippen LogP contribution in [0.25, 0.3) is 0 Å². The summed E-state index contributed by atoms with van der Waals surface area (Å²) in [6, 6.07) is 3.19. The number of hydrogen-bond donors (Lipinski definition) is 2. The van der Waals surface area contributed by atoms with E-state index in [1.165, 1.54) is 32.4 Å². The van der Waals surface area contributed by atoms with Crippen LogP contribution in [0.15, 0.2) is 21.2 Å². The third-order valence-corrected chi connectivity index (χ3v) is 4.05. The molecule has 0 unspecified atom stereocenters. The van der Waals surface area contributed by atoms with E-state index in [1.54, 1.807) is 12.1 Å². The van der Waals surface area contributed by atoms with Gasteiger partial charge in [-0.05, 0) is 67.0 Å². The van der Waals surface area contributed by atoms with Gasteiger partial charge in [-0.1, -0.05) is 6.42 Å². The maximum absolute atomic E-state index is 11.7. The van der Waals surface area contributed by atoms with Crippen molar-refractivity contribution in [2.45, 2.75) is 25.7 Å². The third-order valence-electron chi connectivity index (χ3n) is 3.63. The molecule has 122 valence electrons. The van der Waals surface area contributed by atoms with Crippen LogP contribution in [0.3, 0.4) is 0 Å². The standard InChI is InChI=1S/C15H22BrN3O3/c16-13-6-5-12(22-13)15(21)18-11-14(20)17-7-4-10-19-8-2-1-3-9-19/h5-6H,1-4,7-11H2,(H,17,20)(H,18,21). The van der Waals surface area contributed by atoms with Crippen molar-refractivity contribution in [2.24, 2.45) is 0 Å². The number of hydrogen-bond acceptors (Lipinski definition) is 4. The lowest BCUT2D eigenvalue weighted by molar-refractivity contribution is -0.120. The van der Waals surface area contributed by atoms with E-state index in [9.17, 15) is 9.59 Å². The first kappa shape index (κ1) is 17.0. The van der Waals surface area contributed by atoms with Crippen LogP contribution in [0.4, 0.5) is 0 Å². The van der Waals surface area contributed by atoms with E-state index in [4.69, 9.17) is 4.42 Å². The lowest BCUT2D eigenvalue weighted by atomic mass is 10.1. The van der Waals surface area contributed by atoms with Gasteiger partial charge in [0.05, 0.1) is 6.54 Å². The molecule has 0 radical (unpaired) electrons. The molecule has 22 heavy (non-hydrogen) atoms. The van der Waals surface area contributed by atoms with E-state index in [0.717, 1.165) is 13.0 Å². The number of carbonyl (C=O) groups excluding carboxylic acids is 2. The maximum atomic E-state index is 11.7. The zero-order valence-electron chi connectivity index (χ0n) is 12.6. The second-order valence-electron chi connectivity index (χ2n) is 5.39. The highest BCUT2D eigenvalue weighted by Gasteiger charge is 2.12. The summed E-state index contributed by atoms with van der Waals surface area (Å²) in [4.78, 5) is 25.8. The Balaban J connectivity index is 1.55. The molecule has 1 aliphatic heterocycles. The highest BCUT2D eigenvalue weighted by atomic mass is 79.9. The minimum absolute atomic E-state index is 0.0408. The number of halogens is 1. The van der Waals surface area contributed by atoms with Crippen LogP contribution in [-0.4, -0.2) is 49.4 Å². The number of nitrogens with one attached hydrogen (secondary N) is 2. The van der Waals surface area contributed by atoms with Crippen molar-refractivity contribution in [1.82, 2.24) is 15.5 Å². The summed E-state index contributed by atoms with van der Waals surface area (Å²) in [5.41, 5.74) is 0. The Hall–Kier alpha value is -1.34. The largest absolute Gasteiger partial charge is 0.444 e. The van der Waals surface area contributed by atoms with Gasteiger partial charge >= 0.3 is 0 Å². The number of nitrogens with zero attached hydrogens (tertiary/aromatic N) is 1. The van der Waals surface area contributed by atoms with Gasteiger partial charge in [0, 0.05) is 6.54 Å². The van der Waals surface area contributed by atoms with Crippen molar-refractivity contribution in [3.8, 4) is 0 Å². The molecule has 0 saturated carbocycles. The van der Waals surface area contributed by atoms with E-state index < -0.39 is 5.91 Å². The number of amides is 2.